The minimum Gasteiger partial charge on any atom is -0.349 e. The lowest BCUT2D eigenvalue weighted by atomic mass is 10.0. The van der Waals surface area contributed by atoms with Crippen LogP contribution >= 0.6 is 0 Å². The molecule has 0 saturated heterocycles. The van der Waals surface area contributed by atoms with Gasteiger partial charge in [0.1, 0.15) is 0 Å². The van der Waals surface area contributed by atoms with Gasteiger partial charge in [-0.1, -0.05) is 30.3 Å². The van der Waals surface area contributed by atoms with Crippen LogP contribution < -0.4 is 10.6 Å². The Morgan fingerprint density at radius 1 is 0.724 bits per heavy atom. The molecule has 5 rings (SSSR count). The molecule has 142 valence electrons. The predicted octanol–water partition coefficient (Wildman–Crippen LogP) is 4.04. The number of hydrogen-bond acceptors (Lipinski definition) is 3. The SMILES string of the molecule is O=C(Nc1ccc(C(=O)NC2CC2)cc1)c1ccc2c(c1)C(=O)c1ccccc1-2. The second kappa shape index (κ2) is 6.71. The van der Waals surface area contributed by atoms with Crippen LogP contribution in [0.15, 0.2) is 66.7 Å². The van der Waals surface area contributed by atoms with Crippen LogP contribution in [0.2, 0.25) is 0 Å². The Labute approximate surface area is 167 Å². The number of anilines is 1. The first-order valence-corrected chi connectivity index (χ1v) is 9.60. The second-order valence-electron chi connectivity index (χ2n) is 7.41. The Bertz CT molecular complexity index is 1160. The van der Waals surface area contributed by atoms with E-state index in [9.17, 15) is 14.4 Å². The van der Waals surface area contributed by atoms with Gasteiger partial charge in [0.05, 0.1) is 0 Å². The van der Waals surface area contributed by atoms with Crippen LogP contribution in [0.3, 0.4) is 0 Å². The average Bonchev–Trinajstić information content (AvgIpc) is 3.52. The standard InChI is InChI=1S/C24H18N2O3/c27-22-20-4-2-1-3-18(20)19-12-7-15(13-21(19)22)24(29)26-16-8-5-14(6-9-16)23(28)25-17-10-11-17/h1-9,12-13,17H,10-11H2,(H,25,28)(H,26,29). The lowest BCUT2D eigenvalue weighted by molar-refractivity contribution is 0.0949. The van der Waals surface area contributed by atoms with E-state index in [1.807, 2.05) is 24.3 Å². The lowest BCUT2D eigenvalue weighted by Crippen LogP contribution is -2.25. The van der Waals surface area contributed by atoms with Crippen LogP contribution in [0, 0.1) is 0 Å². The van der Waals surface area contributed by atoms with Gasteiger partial charge in [-0.15, -0.1) is 0 Å². The summed E-state index contributed by atoms with van der Waals surface area (Å²) in [7, 11) is 0. The van der Waals surface area contributed by atoms with Crippen molar-refractivity contribution in [3.8, 4) is 11.1 Å². The van der Waals surface area contributed by atoms with Crippen molar-refractivity contribution in [1.82, 2.24) is 5.32 Å². The molecule has 1 fully saturated rings. The average molecular weight is 382 g/mol. The topological polar surface area (TPSA) is 75.3 Å². The normalized spacial score (nSPS) is 14.1. The number of nitrogens with one attached hydrogen (secondary N) is 2. The summed E-state index contributed by atoms with van der Waals surface area (Å²) < 4.78 is 0. The van der Waals surface area contributed by atoms with E-state index in [-0.39, 0.29) is 17.6 Å². The molecule has 0 bridgehead atoms. The van der Waals surface area contributed by atoms with Crippen LogP contribution in [0.1, 0.15) is 49.5 Å². The number of fused-ring (bicyclic) bond motifs is 3. The number of benzene rings is 3. The van der Waals surface area contributed by atoms with Crippen molar-refractivity contribution in [3.63, 3.8) is 0 Å². The molecule has 0 aliphatic heterocycles. The number of amides is 2. The summed E-state index contributed by atoms with van der Waals surface area (Å²) in [6, 6.07) is 19.7. The van der Waals surface area contributed by atoms with Gasteiger partial charge >= 0.3 is 0 Å². The van der Waals surface area contributed by atoms with Crippen molar-refractivity contribution in [1.29, 1.82) is 0 Å². The van der Waals surface area contributed by atoms with Crippen molar-refractivity contribution >= 4 is 23.3 Å². The van der Waals surface area contributed by atoms with Gasteiger partial charge in [-0.2, -0.15) is 0 Å². The van der Waals surface area contributed by atoms with Crippen molar-refractivity contribution in [2.75, 3.05) is 5.32 Å². The summed E-state index contributed by atoms with van der Waals surface area (Å²) in [5, 5.41) is 5.76. The monoisotopic (exact) mass is 382 g/mol. The summed E-state index contributed by atoms with van der Waals surface area (Å²) in [6.07, 6.45) is 2.07. The zero-order chi connectivity index (χ0) is 20.0. The molecule has 3 aromatic carbocycles. The highest BCUT2D eigenvalue weighted by Gasteiger charge is 2.27. The largest absolute Gasteiger partial charge is 0.349 e. The Balaban J connectivity index is 1.33. The summed E-state index contributed by atoms with van der Waals surface area (Å²) in [6.45, 7) is 0. The van der Waals surface area contributed by atoms with Crippen molar-refractivity contribution in [2.24, 2.45) is 0 Å². The fourth-order valence-electron chi connectivity index (χ4n) is 3.57. The number of ketones is 1. The molecule has 0 unspecified atom stereocenters. The highest BCUT2D eigenvalue weighted by molar-refractivity contribution is 6.22. The zero-order valence-corrected chi connectivity index (χ0v) is 15.6. The van der Waals surface area contributed by atoms with Crippen LogP contribution in [-0.2, 0) is 0 Å². The maximum Gasteiger partial charge on any atom is 0.255 e. The first kappa shape index (κ1) is 17.4. The molecule has 5 heteroatoms. The minimum atomic E-state index is -0.299. The molecule has 3 aromatic rings. The van der Waals surface area contributed by atoms with E-state index < -0.39 is 0 Å². The van der Waals surface area contributed by atoms with E-state index in [1.54, 1.807) is 42.5 Å². The smallest absolute Gasteiger partial charge is 0.255 e. The van der Waals surface area contributed by atoms with E-state index in [1.165, 1.54) is 0 Å². The molecular weight excluding hydrogens is 364 g/mol. The van der Waals surface area contributed by atoms with Crippen LogP contribution in [-0.4, -0.2) is 23.6 Å². The van der Waals surface area contributed by atoms with Gasteiger partial charge in [-0.05, 0) is 60.4 Å². The number of carbonyl (C=O) groups excluding carboxylic acids is 3. The van der Waals surface area contributed by atoms with Gasteiger partial charge in [0.15, 0.2) is 5.78 Å². The zero-order valence-electron chi connectivity index (χ0n) is 15.6. The van der Waals surface area contributed by atoms with Gasteiger partial charge in [0, 0.05) is 34.0 Å². The fraction of sp³-hybridized carbons (Fsp3) is 0.125. The quantitative estimate of drug-likeness (QED) is 0.559. The molecule has 0 heterocycles. The maximum absolute atomic E-state index is 12.7. The van der Waals surface area contributed by atoms with Gasteiger partial charge < -0.3 is 10.6 Å². The molecule has 2 aliphatic carbocycles. The van der Waals surface area contributed by atoms with E-state index >= 15 is 0 Å². The lowest BCUT2D eigenvalue weighted by Gasteiger charge is -2.08. The molecule has 0 aromatic heterocycles. The second-order valence-corrected chi connectivity index (χ2v) is 7.41. The van der Waals surface area contributed by atoms with Gasteiger partial charge in [0.25, 0.3) is 11.8 Å². The van der Waals surface area contributed by atoms with Crippen molar-refractivity contribution in [2.45, 2.75) is 18.9 Å². The van der Waals surface area contributed by atoms with E-state index in [4.69, 9.17) is 0 Å². The Hall–Kier alpha value is -3.73. The first-order chi connectivity index (χ1) is 14.1. The van der Waals surface area contributed by atoms with E-state index in [0.29, 0.717) is 34.0 Å². The van der Waals surface area contributed by atoms with E-state index in [2.05, 4.69) is 10.6 Å². The summed E-state index contributed by atoms with van der Waals surface area (Å²) in [5.74, 6) is -0.454. The fourth-order valence-corrected chi connectivity index (χ4v) is 3.57. The molecule has 2 N–H and O–H groups in total. The molecule has 29 heavy (non-hydrogen) atoms. The molecule has 1 saturated carbocycles. The minimum absolute atomic E-state index is 0.0590. The first-order valence-electron chi connectivity index (χ1n) is 9.60. The van der Waals surface area contributed by atoms with Gasteiger partial charge in [0.2, 0.25) is 0 Å². The van der Waals surface area contributed by atoms with Crippen LogP contribution in [0.25, 0.3) is 11.1 Å². The number of rotatable bonds is 4. The van der Waals surface area contributed by atoms with Gasteiger partial charge in [-0.25, -0.2) is 0 Å². The third-order valence-corrected chi connectivity index (χ3v) is 5.31. The Kier molecular flexibility index (Phi) is 4.02. The summed E-state index contributed by atoms with van der Waals surface area (Å²) in [5.41, 5.74) is 4.54. The highest BCUT2D eigenvalue weighted by Crippen LogP contribution is 2.36. The Morgan fingerprint density at radius 2 is 1.38 bits per heavy atom. The molecule has 2 aliphatic rings. The molecule has 0 radical (unpaired) electrons. The molecule has 2 amide bonds. The van der Waals surface area contributed by atoms with Gasteiger partial charge in [-0.3, -0.25) is 14.4 Å². The predicted molar refractivity (Wildman–Crippen MR) is 110 cm³/mol. The summed E-state index contributed by atoms with van der Waals surface area (Å²) >= 11 is 0. The molecule has 5 nitrogen and oxygen atoms in total. The van der Waals surface area contributed by atoms with Crippen molar-refractivity contribution < 1.29 is 14.4 Å². The maximum atomic E-state index is 12.7. The molecule has 0 spiro atoms. The molecule has 0 atom stereocenters. The Morgan fingerprint density at radius 3 is 2.10 bits per heavy atom. The highest BCUT2D eigenvalue weighted by atomic mass is 16.2. The van der Waals surface area contributed by atoms with Crippen LogP contribution in [0.4, 0.5) is 5.69 Å². The molecular formula is C24H18N2O3. The summed E-state index contributed by atoms with van der Waals surface area (Å²) in [4.78, 5) is 37.4. The van der Waals surface area contributed by atoms with E-state index in [0.717, 1.165) is 24.0 Å². The van der Waals surface area contributed by atoms with Crippen LogP contribution in [0.5, 0.6) is 0 Å². The van der Waals surface area contributed by atoms with Crippen molar-refractivity contribution in [3.05, 3.63) is 89.0 Å². The third kappa shape index (κ3) is 3.21. The number of hydrogen-bond donors (Lipinski definition) is 2. The third-order valence-electron chi connectivity index (χ3n) is 5.31. The number of carbonyl (C=O) groups is 3.